The number of aryl methyl sites for hydroxylation is 1. The number of esters is 1. The zero-order valence-electron chi connectivity index (χ0n) is 16.6. The summed E-state index contributed by atoms with van der Waals surface area (Å²) in [5.41, 5.74) is 0.332. The summed E-state index contributed by atoms with van der Waals surface area (Å²) in [6.45, 7) is 7.01. The number of hydrogen-bond donors (Lipinski definition) is 1. The molecule has 29 heavy (non-hydrogen) atoms. The van der Waals surface area contributed by atoms with Crippen LogP contribution in [-0.2, 0) is 33.5 Å². The van der Waals surface area contributed by atoms with Gasteiger partial charge in [-0.3, -0.25) is 14.4 Å². The van der Waals surface area contributed by atoms with Crippen molar-refractivity contribution in [1.82, 2.24) is 10.5 Å². The number of amides is 1. The van der Waals surface area contributed by atoms with Gasteiger partial charge in [0.2, 0.25) is 5.91 Å². The normalized spacial score (nSPS) is 21.3. The highest BCUT2D eigenvalue weighted by molar-refractivity contribution is 7.09. The number of carbonyl (C=O) groups excluding carboxylic acids is 3. The van der Waals surface area contributed by atoms with Crippen molar-refractivity contribution in [1.29, 1.82) is 0 Å². The van der Waals surface area contributed by atoms with Crippen LogP contribution in [0.15, 0.2) is 10.5 Å². The summed E-state index contributed by atoms with van der Waals surface area (Å²) in [4.78, 5) is 51.8. The summed E-state index contributed by atoms with van der Waals surface area (Å²) < 4.78 is 10.5. The fourth-order valence-electron chi connectivity index (χ4n) is 2.56. The molecule has 3 rings (SSSR count). The maximum atomic E-state index is 12.8. The first kappa shape index (κ1) is 21.3. The van der Waals surface area contributed by atoms with E-state index in [1.165, 1.54) is 11.3 Å². The van der Waals surface area contributed by atoms with Crippen molar-refractivity contribution in [3.63, 3.8) is 0 Å². The molecule has 2 aliphatic heterocycles. The Labute approximate surface area is 171 Å². The Morgan fingerprint density at radius 2 is 2.14 bits per heavy atom. The summed E-state index contributed by atoms with van der Waals surface area (Å²) in [5.74, 6) is -2.06. The van der Waals surface area contributed by atoms with Gasteiger partial charge in [-0.1, -0.05) is 5.16 Å². The van der Waals surface area contributed by atoms with Gasteiger partial charge in [0.05, 0.1) is 17.5 Å². The first-order chi connectivity index (χ1) is 13.6. The van der Waals surface area contributed by atoms with E-state index in [0.717, 1.165) is 5.01 Å². The second kappa shape index (κ2) is 8.17. The lowest BCUT2D eigenvalue weighted by Crippen LogP contribution is -2.59. The molecule has 1 amide bonds. The Bertz CT molecular complexity index is 839. The van der Waals surface area contributed by atoms with Gasteiger partial charge >= 0.3 is 5.97 Å². The summed E-state index contributed by atoms with van der Waals surface area (Å²) >= 11 is 1.34. The van der Waals surface area contributed by atoms with Gasteiger partial charge in [0.1, 0.15) is 24.5 Å². The third kappa shape index (κ3) is 4.98. The van der Waals surface area contributed by atoms with Crippen LogP contribution in [0.3, 0.4) is 0 Å². The van der Waals surface area contributed by atoms with Crippen molar-refractivity contribution >= 4 is 34.7 Å². The number of thiazole rings is 1. The highest BCUT2D eigenvalue weighted by Crippen LogP contribution is 2.27. The highest BCUT2D eigenvalue weighted by atomic mass is 32.1. The van der Waals surface area contributed by atoms with Gasteiger partial charge in [0, 0.05) is 11.8 Å². The molecule has 2 saturated heterocycles. The number of Topliss-reactive ketones (excluding diaryl/α,β-unsaturated/α-hetero) is 1. The number of oxime groups is 1. The molecule has 1 aromatic heterocycles. The number of aromatic nitrogens is 1. The molecule has 3 heterocycles. The maximum Gasteiger partial charge on any atom is 0.358 e. The lowest BCUT2D eigenvalue weighted by molar-refractivity contribution is -0.236. The molecule has 2 fully saturated rings. The molecule has 0 aromatic carbocycles. The van der Waals surface area contributed by atoms with E-state index in [4.69, 9.17) is 19.1 Å². The maximum absolute atomic E-state index is 12.8. The zero-order valence-corrected chi connectivity index (χ0v) is 17.5. The number of carbonyl (C=O) groups is 3. The van der Waals surface area contributed by atoms with Gasteiger partial charge in [-0.2, -0.15) is 0 Å². The molecule has 0 bridgehead atoms. The average molecular weight is 425 g/mol. The Kier molecular flexibility index (Phi) is 6.01. The van der Waals surface area contributed by atoms with E-state index in [0.29, 0.717) is 5.69 Å². The van der Waals surface area contributed by atoms with E-state index in [2.05, 4.69) is 15.6 Å². The van der Waals surface area contributed by atoms with Crippen LogP contribution >= 0.6 is 11.3 Å². The summed E-state index contributed by atoms with van der Waals surface area (Å²) in [6.07, 6.45) is -0.124. The van der Waals surface area contributed by atoms with Gasteiger partial charge in [0.25, 0.3) is 5.60 Å². The monoisotopic (exact) mass is 425 g/mol. The first-order valence-electron chi connectivity index (χ1n) is 9.04. The minimum atomic E-state index is -1.42. The molecule has 0 spiro atoms. The predicted molar refractivity (Wildman–Crippen MR) is 101 cm³/mol. The lowest BCUT2D eigenvalue weighted by Gasteiger charge is -2.37. The van der Waals surface area contributed by atoms with Gasteiger partial charge in [-0.25, -0.2) is 15.3 Å². The van der Waals surface area contributed by atoms with Gasteiger partial charge in [-0.05, 0) is 27.7 Å². The zero-order chi connectivity index (χ0) is 21.2. The minimum Gasteiger partial charge on any atom is -0.457 e. The molecule has 2 aliphatic rings. The Morgan fingerprint density at radius 3 is 2.62 bits per heavy atom. The molecular weight excluding hydrogens is 402 g/mol. The van der Waals surface area contributed by atoms with E-state index < -0.39 is 28.9 Å². The topological polar surface area (TPSA) is 125 Å². The van der Waals surface area contributed by atoms with Crippen molar-refractivity contribution < 1.29 is 33.5 Å². The number of ketones is 1. The molecule has 0 unspecified atom stereocenters. The molecule has 0 radical (unpaired) electrons. The summed E-state index contributed by atoms with van der Waals surface area (Å²) in [6, 6.07) is 0. The average Bonchev–Trinajstić information content (AvgIpc) is 3.17. The van der Waals surface area contributed by atoms with E-state index in [9.17, 15) is 14.4 Å². The van der Waals surface area contributed by atoms with Crippen molar-refractivity contribution in [3.05, 3.63) is 16.1 Å². The number of hydrogen-bond acceptors (Lipinski definition) is 10. The van der Waals surface area contributed by atoms with Gasteiger partial charge < -0.3 is 14.3 Å². The Balaban J connectivity index is 1.81. The second-order valence-electron chi connectivity index (χ2n) is 7.87. The van der Waals surface area contributed by atoms with E-state index in [1.54, 1.807) is 33.1 Å². The molecule has 0 aliphatic carbocycles. The van der Waals surface area contributed by atoms with Crippen molar-refractivity contribution in [2.45, 2.75) is 45.3 Å². The standard InChI is InChI=1S/C18H23N3O7S/c1-10-19-12(7-29-10)14(13(22)5-11-6-26-21-15(11)23)20-28-18(8-25-9-18)16(24)27-17(2,3)4/h7,11H,5-6,8-9H2,1-4H3,(H,21,23)/b20-14-/t11-/m0/s1. The van der Waals surface area contributed by atoms with Crippen LogP contribution < -0.4 is 5.48 Å². The number of hydroxylamine groups is 1. The van der Waals surface area contributed by atoms with E-state index >= 15 is 0 Å². The van der Waals surface area contributed by atoms with Crippen LogP contribution in [-0.4, -0.2) is 59.4 Å². The van der Waals surface area contributed by atoms with Crippen LogP contribution in [0.1, 0.15) is 37.9 Å². The molecule has 1 N–H and O–H groups in total. The van der Waals surface area contributed by atoms with E-state index in [-0.39, 0.29) is 37.9 Å². The fraction of sp³-hybridized carbons (Fsp3) is 0.611. The summed E-state index contributed by atoms with van der Waals surface area (Å²) in [7, 11) is 0. The van der Waals surface area contributed by atoms with Crippen molar-refractivity contribution in [2.24, 2.45) is 11.1 Å². The molecular formula is C18H23N3O7S. The largest absolute Gasteiger partial charge is 0.457 e. The van der Waals surface area contributed by atoms with Gasteiger partial charge in [-0.15, -0.1) is 11.3 Å². The first-order valence-corrected chi connectivity index (χ1v) is 9.92. The second-order valence-corrected chi connectivity index (χ2v) is 8.94. The van der Waals surface area contributed by atoms with Crippen LogP contribution in [0.2, 0.25) is 0 Å². The van der Waals surface area contributed by atoms with Crippen LogP contribution in [0.5, 0.6) is 0 Å². The predicted octanol–water partition coefficient (Wildman–Crippen LogP) is 0.920. The summed E-state index contributed by atoms with van der Waals surface area (Å²) in [5, 5.41) is 6.37. The van der Waals surface area contributed by atoms with Gasteiger partial charge in [0.15, 0.2) is 11.5 Å². The van der Waals surface area contributed by atoms with Crippen LogP contribution in [0, 0.1) is 12.8 Å². The molecule has 11 heteroatoms. The minimum absolute atomic E-state index is 0.0398. The Morgan fingerprint density at radius 1 is 1.41 bits per heavy atom. The lowest BCUT2D eigenvalue weighted by atomic mass is 10.00. The molecule has 0 saturated carbocycles. The number of nitrogens with one attached hydrogen (secondary N) is 1. The van der Waals surface area contributed by atoms with Crippen molar-refractivity contribution in [3.8, 4) is 0 Å². The quantitative estimate of drug-likeness (QED) is 0.388. The number of nitrogens with zero attached hydrogens (tertiary/aromatic N) is 2. The van der Waals surface area contributed by atoms with Crippen LogP contribution in [0.25, 0.3) is 0 Å². The molecule has 158 valence electrons. The fourth-order valence-corrected chi connectivity index (χ4v) is 3.15. The molecule has 10 nitrogen and oxygen atoms in total. The smallest absolute Gasteiger partial charge is 0.358 e. The number of ether oxygens (including phenoxy) is 2. The highest BCUT2D eigenvalue weighted by Gasteiger charge is 2.52. The Hall–Kier alpha value is -2.37. The van der Waals surface area contributed by atoms with Crippen molar-refractivity contribution in [2.75, 3.05) is 19.8 Å². The molecule has 1 aromatic rings. The third-order valence-electron chi connectivity index (χ3n) is 4.14. The third-order valence-corrected chi connectivity index (χ3v) is 4.91. The molecule has 1 atom stereocenters. The van der Waals surface area contributed by atoms with E-state index in [1.807, 2.05) is 0 Å². The SMILES string of the molecule is Cc1nc(/C(=N/OC2(C(=O)OC(C)(C)C)COC2)C(=O)C[C@H]2CONC2=O)cs1. The van der Waals surface area contributed by atoms with Crippen LogP contribution in [0.4, 0.5) is 0 Å². The number of rotatable bonds is 7.